The van der Waals surface area contributed by atoms with Gasteiger partial charge in [0, 0.05) is 37.4 Å². The average molecular weight is 562 g/mol. The molecule has 0 radical (unpaired) electrons. The number of hydrogen-bond donors (Lipinski definition) is 4. The summed E-state index contributed by atoms with van der Waals surface area (Å²) in [5, 5.41) is 7.98. The number of benzene rings is 2. The van der Waals surface area contributed by atoms with Gasteiger partial charge in [-0.1, -0.05) is 6.07 Å². The molecule has 4 rings (SSSR count). The number of carbonyl (C=O) groups excluding carboxylic acids is 2. The number of urea groups is 1. The van der Waals surface area contributed by atoms with Crippen LogP contribution in [0.25, 0.3) is 11.4 Å². The number of aryl methyl sites for hydroxylation is 1. The molecule has 11 heteroatoms. The molecule has 214 valence electrons. The van der Waals surface area contributed by atoms with Gasteiger partial charge in [0.2, 0.25) is 0 Å². The fraction of sp³-hybridized carbons (Fsp3) is 0.233. The van der Waals surface area contributed by atoms with Crippen LogP contribution in [0.5, 0.6) is 11.5 Å². The van der Waals surface area contributed by atoms with Gasteiger partial charge in [-0.25, -0.2) is 9.18 Å². The third kappa shape index (κ3) is 8.37. The Labute approximate surface area is 237 Å². The third-order valence-corrected chi connectivity index (χ3v) is 5.80. The molecule has 0 bridgehead atoms. The number of pyridine rings is 1. The van der Waals surface area contributed by atoms with E-state index in [1.54, 1.807) is 67.0 Å². The Hall–Kier alpha value is -4.74. The molecule has 3 amide bonds. The molecule has 10 nitrogen and oxygen atoms in total. The first-order valence-electron chi connectivity index (χ1n) is 13.1. The molecule has 0 atom stereocenters. The van der Waals surface area contributed by atoms with Crippen LogP contribution in [0.3, 0.4) is 0 Å². The molecule has 0 unspecified atom stereocenters. The van der Waals surface area contributed by atoms with Gasteiger partial charge in [-0.3, -0.25) is 9.78 Å². The summed E-state index contributed by atoms with van der Waals surface area (Å²) >= 11 is 0. The van der Waals surface area contributed by atoms with Crippen molar-refractivity contribution in [2.24, 2.45) is 0 Å². The van der Waals surface area contributed by atoms with Gasteiger partial charge < -0.3 is 35.1 Å². The van der Waals surface area contributed by atoms with Gasteiger partial charge in [0.05, 0.1) is 29.2 Å². The van der Waals surface area contributed by atoms with Gasteiger partial charge in [-0.15, -0.1) is 0 Å². The standard InChI is InChI=1S/C30H32FN5O5/c1-4-39-28(40-5-2)18-34-29(37)20-15-26(33-17-20)27-16-23(12-13-32-27)41-22-9-7-21(8-10-22)35-30(38)36-25-14-19(3)6-11-24(25)31/h6-17,28,33H,4-5,18H2,1-3H3,(H,34,37)(H2,35,36,38). The predicted molar refractivity (Wildman–Crippen MR) is 154 cm³/mol. The van der Waals surface area contributed by atoms with Crippen LogP contribution in [0.2, 0.25) is 0 Å². The summed E-state index contributed by atoms with van der Waals surface area (Å²) < 4.78 is 30.8. The molecule has 2 heterocycles. The van der Waals surface area contributed by atoms with Gasteiger partial charge in [0.1, 0.15) is 17.3 Å². The van der Waals surface area contributed by atoms with Gasteiger partial charge in [0.15, 0.2) is 6.29 Å². The molecule has 0 fully saturated rings. The topological polar surface area (TPSA) is 127 Å². The van der Waals surface area contributed by atoms with Crippen LogP contribution in [0.15, 0.2) is 73.1 Å². The number of carbonyl (C=O) groups is 2. The predicted octanol–water partition coefficient (Wildman–Crippen LogP) is 6.09. The zero-order valence-corrected chi connectivity index (χ0v) is 23.0. The van der Waals surface area contributed by atoms with Crippen molar-refractivity contribution in [3.05, 3.63) is 90.0 Å². The van der Waals surface area contributed by atoms with Gasteiger partial charge in [0.25, 0.3) is 5.91 Å². The number of halogens is 1. The highest BCUT2D eigenvalue weighted by Gasteiger charge is 2.14. The molecule has 41 heavy (non-hydrogen) atoms. The second kappa shape index (κ2) is 14.1. The number of aromatic amines is 1. The average Bonchev–Trinajstić information content (AvgIpc) is 3.46. The largest absolute Gasteiger partial charge is 0.457 e. The fourth-order valence-corrected chi connectivity index (χ4v) is 3.87. The van der Waals surface area contributed by atoms with Gasteiger partial charge in [-0.2, -0.15) is 0 Å². The highest BCUT2D eigenvalue weighted by atomic mass is 19.1. The Morgan fingerprint density at radius 1 is 0.951 bits per heavy atom. The highest BCUT2D eigenvalue weighted by Crippen LogP contribution is 2.27. The summed E-state index contributed by atoms with van der Waals surface area (Å²) in [6.07, 6.45) is 2.70. The first-order valence-corrected chi connectivity index (χ1v) is 13.1. The van der Waals surface area contributed by atoms with Gasteiger partial charge in [-0.05, 0) is 74.9 Å². The summed E-state index contributed by atoms with van der Waals surface area (Å²) in [5.74, 6) is 0.275. The van der Waals surface area contributed by atoms with Crippen LogP contribution >= 0.6 is 0 Å². The molecular formula is C30H32FN5O5. The van der Waals surface area contributed by atoms with Crippen LogP contribution in [-0.2, 0) is 9.47 Å². The number of hydrogen-bond acceptors (Lipinski definition) is 6. The quantitative estimate of drug-likeness (QED) is 0.155. The molecule has 0 aliphatic carbocycles. The Morgan fingerprint density at radius 2 is 1.71 bits per heavy atom. The molecule has 2 aromatic heterocycles. The lowest BCUT2D eigenvalue weighted by atomic mass is 10.2. The van der Waals surface area contributed by atoms with Crippen LogP contribution in [-0.4, -0.2) is 48.0 Å². The van der Waals surface area contributed by atoms with Crippen molar-refractivity contribution < 1.29 is 28.2 Å². The van der Waals surface area contributed by atoms with E-state index in [0.29, 0.717) is 47.4 Å². The summed E-state index contributed by atoms with van der Waals surface area (Å²) in [6.45, 7) is 6.73. The lowest BCUT2D eigenvalue weighted by Crippen LogP contribution is -2.35. The Bertz CT molecular complexity index is 1470. The number of nitrogens with zero attached hydrogens (tertiary/aromatic N) is 1. The van der Waals surface area contributed by atoms with Crippen LogP contribution in [0.4, 0.5) is 20.6 Å². The maximum atomic E-state index is 13.9. The second-order valence-electron chi connectivity index (χ2n) is 8.92. The zero-order valence-electron chi connectivity index (χ0n) is 23.0. The number of H-pyrrole nitrogens is 1. The molecule has 0 saturated carbocycles. The maximum absolute atomic E-state index is 13.9. The molecule has 2 aromatic carbocycles. The summed E-state index contributed by atoms with van der Waals surface area (Å²) in [5.41, 5.74) is 3.10. The van der Waals surface area contributed by atoms with E-state index < -0.39 is 18.1 Å². The third-order valence-electron chi connectivity index (χ3n) is 5.80. The van der Waals surface area contributed by atoms with E-state index in [9.17, 15) is 14.0 Å². The minimum atomic E-state index is -0.565. The van der Waals surface area contributed by atoms with Crippen molar-refractivity contribution in [2.45, 2.75) is 27.1 Å². The number of anilines is 2. The molecule has 0 spiro atoms. The SMILES string of the molecule is CCOC(CNC(=O)c1c[nH]c(-c2cc(Oc3ccc(NC(=O)Nc4cc(C)ccc4F)cc3)ccn2)c1)OCC. The summed E-state index contributed by atoms with van der Waals surface area (Å²) in [7, 11) is 0. The Morgan fingerprint density at radius 3 is 2.44 bits per heavy atom. The monoisotopic (exact) mass is 561 g/mol. The summed E-state index contributed by atoms with van der Waals surface area (Å²) in [4.78, 5) is 32.3. The number of ether oxygens (including phenoxy) is 3. The normalized spacial score (nSPS) is 10.9. The number of rotatable bonds is 12. The van der Waals surface area contributed by atoms with Crippen molar-refractivity contribution in [3.63, 3.8) is 0 Å². The number of nitrogens with one attached hydrogen (secondary N) is 4. The number of amides is 3. The van der Waals surface area contributed by atoms with E-state index in [1.165, 1.54) is 6.07 Å². The van der Waals surface area contributed by atoms with E-state index in [4.69, 9.17) is 14.2 Å². The van der Waals surface area contributed by atoms with Crippen molar-refractivity contribution in [1.82, 2.24) is 15.3 Å². The van der Waals surface area contributed by atoms with E-state index in [1.807, 2.05) is 20.8 Å². The highest BCUT2D eigenvalue weighted by molar-refractivity contribution is 6.00. The van der Waals surface area contributed by atoms with E-state index in [-0.39, 0.29) is 18.1 Å². The minimum Gasteiger partial charge on any atom is -0.457 e. The van der Waals surface area contributed by atoms with Crippen molar-refractivity contribution >= 4 is 23.3 Å². The zero-order chi connectivity index (χ0) is 29.2. The van der Waals surface area contributed by atoms with Crippen molar-refractivity contribution in [2.75, 3.05) is 30.4 Å². The van der Waals surface area contributed by atoms with E-state index in [2.05, 4.69) is 25.9 Å². The molecule has 4 N–H and O–H groups in total. The Kier molecular flexibility index (Phi) is 10.0. The van der Waals surface area contributed by atoms with Crippen molar-refractivity contribution in [1.29, 1.82) is 0 Å². The number of aromatic nitrogens is 2. The van der Waals surface area contributed by atoms with Crippen LogP contribution < -0.4 is 20.7 Å². The van der Waals surface area contributed by atoms with Crippen LogP contribution in [0, 0.1) is 12.7 Å². The summed E-state index contributed by atoms with van der Waals surface area (Å²) in [6, 6.07) is 15.8. The first kappa shape index (κ1) is 29.2. The molecule has 4 aromatic rings. The molecule has 0 aliphatic heterocycles. The first-order chi connectivity index (χ1) is 19.8. The minimum absolute atomic E-state index is 0.0996. The molecular weight excluding hydrogens is 529 g/mol. The molecule has 0 saturated heterocycles. The van der Waals surface area contributed by atoms with Gasteiger partial charge >= 0.3 is 6.03 Å². The van der Waals surface area contributed by atoms with E-state index >= 15 is 0 Å². The second-order valence-corrected chi connectivity index (χ2v) is 8.92. The smallest absolute Gasteiger partial charge is 0.323 e. The van der Waals surface area contributed by atoms with Crippen LogP contribution in [0.1, 0.15) is 29.8 Å². The Balaban J connectivity index is 1.34. The maximum Gasteiger partial charge on any atom is 0.323 e. The lowest BCUT2D eigenvalue weighted by molar-refractivity contribution is -0.131. The lowest BCUT2D eigenvalue weighted by Gasteiger charge is -2.17. The fourth-order valence-electron chi connectivity index (χ4n) is 3.87. The molecule has 0 aliphatic rings. The van der Waals surface area contributed by atoms with E-state index in [0.717, 1.165) is 5.56 Å². The van der Waals surface area contributed by atoms with Crippen molar-refractivity contribution in [3.8, 4) is 22.9 Å².